The average molecular weight is 397 g/mol. The molecule has 0 aliphatic carbocycles. The van der Waals surface area contributed by atoms with E-state index >= 15 is 0 Å². The number of benzene rings is 2. The topological polar surface area (TPSA) is 84.9 Å². The molecule has 1 amide bonds. The van der Waals surface area contributed by atoms with E-state index in [1.165, 1.54) is 6.92 Å². The van der Waals surface area contributed by atoms with E-state index in [-0.39, 0.29) is 19.1 Å². The third-order valence-corrected chi connectivity index (χ3v) is 5.75. The van der Waals surface area contributed by atoms with Crippen molar-refractivity contribution in [3.05, 3.63) is 47.5 Å². The highest BCUT2D eigenvalue weighted by Gasteiger charge is 2.25. The van der Waals surface area contributed by atoms with Crippen LogP contribution in [0.15, 0.2) is 42.5 Å². The predicted molar refractivity (Wildman–Crippen MR) is 99.5 cm³/mol. The molecule has 1 aliphatic heterocycles. The molecule has 0 unspecified atom stereocenters. The van der Waals surface area contributed by atoms with E-state index in [1.54, 1.807) is 42.5 Å². The summed E-state index contributed by atoms with van der Waals surface area (Å²) in [6.07, 6.45) is 0. The van der Waals surface area contributed by atoms with Crippen LogP contribution in [0.4, 0.5) is 11.4 Å². The number of carbonyl (C=O) groups excluding carboxylic acids is 1. The standard InChI is InChI=1S/C17H17ClN2O5S/c1-2-26(22,23)20(14-7-8-15-16(9-14)25-11-24-15)10-17(21)19-13-5-3-12(18)4-6-13/h3-9H,2,10-11H2,1H3,(H,19,21). The maximum Gasteiger partial charge on any atom is 0.245 e. The normalized spacial score (nSPS) is 12.7. The van der Waals surface area contributed by atoms with Gasteiger partial charge >= 0.3 is 0 Å². The number of rotatable bonds is 6. The lowest BCUT2D eigenvalue weighted by atomic mass is 10.2. The highest BCUT2D eigenvalue weighted by molar-refractivity contribution is 7.92. The Labute approximate surface area is 156 Å². The molecule has 7 nitrogen and oxygen atoms in total. The third-order valence-electron chi connectivity index (χ3n) is 3.76. The van der Waals surface area contributed by atoms with E-state index in [1.807, 2.05) is 0 Å². The molecule has 0 bridgehead atoms. The van der Waals surface area contributed by atoms with Gasteiger partial charge in [0.15, 0.2) is 11.5 Å². The van der Waals surface area contributed by atoms with Crippen LogP contribution in [0.3, 0.4) is 0 Å². The zero-order valence-corrected chi connectivity index (χ0v) is 15.5. The Morgan fingerprint density at radius 2 is 1.85 bits per heavy atom. The number of nitrogens with zero attached hydrogens (tertiary/aromatic N) is 1. The average Bonchev–Trinajstić information content (AvgIpc) is 3.09. The summed E-state index contributed by atoms with van der Waals surface area (Å²) in [6, 6.07) is 11.3. The molecular weight excluding hydrogens is 380 g/mol. The van der Waals surface area contributed by atoms with Crippen LogP contribution in [-0.2, 0) is 14.8 Å². The van der Waals surface area contributed by atoms with E-state index in [4.69, 9.17) is 21.1 Å². The number of anilines is 2. The molecule has 3 rings (SSSR count). The molecule has 2 aromatic rings. The Morgan fingerprint density at radius 1 is 1.15 bits per heavy atom. The summed E-state index contributed by atoms with van der Waals surface area (Å²) >= 11 is 5.82. The summed E-state index contributed by atoms with van der Waals surface area (Å²) in [5.74, 6) is 0.363. The van der Waals surface area contributed by atoms with Gasteiger partial charge in [0, 0.05) is 16.8 Å². The Kier molecular flexibility index (Phi) is 5.24. The molecule has 138 valence electrons. The van der Waals surface area contributed by atoms with Crippen LogP contribution >= 0.6 is 11.6 Å². The van der Waals surface area contributed by atoms with Gasteiger partial charge in [-0.3, -0.25) is 9.10 Å². The maximum absolute atomic E-state index is 12.5. The molecule has 9 heteroatoms. The fraction of sp³-hybridized carbons (Fsp3) is 0.235. The van der Waals surface area contributed by atoms with Crippen LogP contribution < -0.4 is 19.1 Å². The predicted octanol–water partition coefficient (Wildman–Crippen LogP) is 2.86. The van der Waals surface area contributed by atoms with Gasteiger partial charge in [0.1, 0.15) is 6.54 Å². The number of halogens is 1. The van der Waals surface area contributed by atoms with Crippen molar-refractivity contribution in [3.63, 3.8) is 0 Å². The molecule has 0 saturated heterocycles. The van der Waals surface area contributed by atoms with E-state index in [0.717, 1.165) is 4.31 Å². The first-order valence-corrected chi connectivity index (χ1v) is 9.83. The molecule has 26 heavy (non-hydrogen) atoms. The zero-order valence-electron chi connectivity index (χ0n) is 13.9. The zero-order chi connectivity index (χ0) is 18.7. The van der Waals surface area contributed by atoms with E-state index < -0.39 is 15.9 Å². The van der Waals surface area contributed by atoms with Gasteiger partial charge in [-0.05, 0) is 43.3 Å². The third kappa shape index (κ3) is 4.03. The summed E-state index contributed by atoms with van der Waals surface area (Å²) in [6.45, 7) is 1.24. The summed E-state index contributed by atoms with van der Waals surface area (Å²) < 4.78 is 36.6. The molecule has 0 fully saturated rings. The van der Waals surface area contributed by atoms with Gasteiger partial charge in [0.25, 0.3) is 0 Å². The number of ether oxygens (including phenoxy) is 2. The second kappa shape index (κ2) is 7.43. The van der Waals surface area contributed by atoms with Crippen LogP contribution in [0.2, 0.25) is 5.02 Å². The van der Waals surface area contributed by atoms with Gasteiger partial charge in [0.05, 0.1) is 11.4 Å². The van der Waals surface area contributed by atoms with Gasteiger partial charge in [-0.25, -0.2) is 8.42 Å². The molecule has 0 atom stereocenters. The minimum absolute atomic E-state index is 0.0797. The molecule has 0 radical (unpaired) electrons. The van der Waals surface area contributed by atoms with Crippen LogP contribution in [0.1, 0.15) is 6.92 Å². The summed E-state index contributed by atoms with van der Waals surface area (Å²) in [7, 11) is -3.67. The Morgan fingerprint density at radius 3 is 2.54 bits per heavy atom. The lowest BCUT2D eigenvalue weighted by molar-refractivity contribution is -0.114. The monoisotopic (exact) mass is 396 g/mol. The molecule has 0 spiro atoms. The van der Waals surface area contributed by atoms with Gasteiger partial charge in [-0.1, -0.05) is 11.6 Å². The first-order valence-electron chi connectivity index (χ1n) is 7.84. The molecular formula is C17H17ClN2O5S. The molecule has 1 aliphatic rings. The van der Waals surface area contributed by atoms with Gasteiger partial charge < -0.3 is 14.8 Å². The van der Waals surface area contributed by atoms with E-state index in [9.17, 15) is 13.2 Å². The SMILES string of the molecule is CCS(=O)(=O)N(CC(=O)Nc1ccc(Cl)cc1)c1ccc2c(c1)OCO2. The Hall–Kier alpha value is -2.45. The number of hydrogen-bond acceptors (Lipinski definition) is 5. The summed E-state index contributed by atoms with van der Waals surface area (Å²) in [5, 5.41) is 3.20. The summed E-state index contributed by atoms with van der Waals surface area (Å²) in [4.78, 5) is 12.4. The molecule has 1 N–H and O–H groups in total. The fourth-order valence-corrected chi connectivity index (χ4v) is 3.60. The summed E-state index contributed by atoms with van der Waals surface area (Å²) in [5.41, 5.74) is 0.862. The van der Waals surface area contributed by atoms with Crippen molar-refractivity contribution < 1.29 is 22.7 Å². The first kappa shape index (κ1) is 18.3. The second-order valence-electron chi connectivity index (χ2n) is 5.50. The largest absolute Gasteiger partial charge is 0.454 e. The molecule has 0 aromatic heterocycles. The number of nitrogens with one attached hydrogen (secondary N) is 1. The van der Waals surface area contributed by atoms with Crippen LogP contribution in [0.25, 0.3) is 0 Å². The van der Waals surface area contributed by atoms with Crippen molar-refractivity contribution in [3.8, 4) is 11.5 Å². The highest BCUT2D eigenvalue weighted by atomic mass is 35.5. The highest BCUT2D eigenvalue weighted by Crippen LogP contribution is 2.36. The van der Waals surface area contributed by atoms with Crippen molar-refractivity contribution in [1.29, 1.82) is 0 Å². The van der Waals surface area contributed by atoms with Crippen LogP contribution in [-0.4, -0.2) is 33.4 Å². The Balaban J connectivity index is 1.83. The van der Waals surface area contributed by atoms with Gasteiger partial charge in [-0.15, -0.1) is 0 Å². The molecule has 1 heterocycles. The maximum atomic E-state index is 12.5. The van der Waals surface area contributed by atoms with Crippen LogP contribution in [0, 0.1) is 0 Å². The van der Waals surface area contributed by atoms with Gasteiger partial charge in [-0.2, -0.15) is 0 Å². The quantitative estimate of drug-likeness (QED) is 0.811. The van der Waals surface area contributed by atoms with E-state index in [2.05, 4.69) is 5.32 Å². The molecule has 2 aromatic carbocycles. The van der Waals surface area contributed by atoms with Crippen LogP contribution in [0.5, 0.6) is 11.5 Å². The number of carbonyl (C=O) groups is 1. The minimum Gasteiger partial charge on any atom is -0.454 e. The minimum atomic E-state index is -3.67. The lowest BCUT2D eigenvalue weighted by Gasteiger charge is -2.23. The smallest absolute Gasteiger partial charge is 0.245 e. The van der Waals surface area contributed by atoms with Crippen molar-refractivity contribution in [1.82, 2.24) is 0 Å². The molecule has 0 saturated carbocycles. The lowest BCUT2D eigenvalue weighted by Crippen LogP contribution is -2.39. The van der Waals surface area contributed by atoms with E-state index in [0.29, 0.717) is 27.9 Å². The van der Waals surface area contributed by atoms with Gasteiger partial charge in [0.2, 0.25) is 22.7 Å². The fourth-order valence-electron chi connectivity index (χ4n) is 2.41. The van der Waals surface area contributed by atoms with Crippen molar-refractivity contribution in [2.75, 3.05) is 28.7 Å². The second-order valence-corrected chi connectivity index (χ2v) is 8.12. The Bertz CT molecular complexity index is 915. The van der Waals surface area contributed by atoms with Crippen molar-refractivity contribution in [2.24, 2.45) is 0 Å². The van der Waals surface area contributed by atoms with Crippen molar-refractivity contribution >= 4 is 38.9 Å². The first-order chi connectivity index (χ1) is 12.4. The number of sulfonamides is 1. The number of hydrogen-bond donors (Lipinski definition) is 1. The number of amides is 1. The number of fused-ring (bicyclic) bond motifs is 1. The van der Waals surface area contributed by atoms with Crippen molar-refractivity contribution in [2.45, 2.75) is 6.92 Å².